The van der Waals surface area contributed by atoms with Crippen molar-refractivity contribution in [2.45, 2.75) is 55.8 Å². The van der Waals surface area contributed by atoms with Crippen molar-refractivity contribution in [3.8, 4) is 0 Å². The largest absolute Gasteiger partial charge is 0.406 e. The molecule has 2 aromatic heterocycles. The van der Waals surface area contributed by atoms with E-state index < -0.39 is 71.0 Å². The predicted molar refractivity (Wildman–Crippen MR) is 138 cm³/mol. The highest BCUT2D eigenvalue weighted by Crippen LogP contribution is 2.49. The minimum atomic E-state index is -4.82. The summed E-state index contributed by atoms with van der Waals surface area (Å²) in [6.45, 7) is -0.454. The number of carbonyl (C=O) groups is 3. The van der Waals surface area contributed by atoms with Crippen LogP contribution in [0.4, 0.5) is 32.2 Å². The molecule has 4 atom stereocenters. The Bertz CT molecular complexity index is 1620. The summed E-state index contributed by atoms with van der Waals surface area (Å²) in [7, 11) is 0. The van der Waals surface area contributed by atoms with E-state index in [9.17, 15) is 40.7 Å². The van der Waals surface area contributed by atoms with Crippen LogP contribution in [-0.4, -0.2) is 52.4 Å². The molecule has 3 aliphatic rings. The zero-order chi connectivity index (χ0) is 30.1. The van der Waals surface area contributed by atoms with Gasteiger partial charge in [-0.15, -0.1) is 11.3 Å². The standard InChI is InChI=1S/C28H22F6N4O3S/c1-12-15(16-6-14(29)7-18(30)22(16)31)8-19(25(40)38(12)11-28(32,33)34)36-24(39)20-5-13-9-27(10-21(13)42-20)17-3-2-4-35-23(17)37-26(27)41/h2-7,12,15,19H,8-11H2,1H3,(H,36,39)(H,35,37,41)/t12?,15?,19?,27-/m1/s1. The molecule has 2 aliphatic heterocycles. The molecule has 1 saturated heterocycles. The molecular weight excluding hydrogens is 586 g/mol. The third-order valence-electron chi connectivity index (χ3n) is 8.29. The number of hydrogen-bond acceptors (Lipinski definition) is 5. The number of alkyl halides is 3. The van der Waals surface area contributed by atoms with Gasteiger partial charge >= 0.3 is 6.18 Å². The van der Waals surface area contributed by atoms with Crippen molar-refractivity contribution in [1.82, 2.24) is 15.2 Å². The van der Waals surface area contributed by atoms with E-state index in [0.29, 0.717) is 35.7 Å². The van der Waals surface area contributed by atoms with E-state index in [4.69, 9.17) is 0 Å². The summed E-state index contributed by atoms with van der Waals surface area (Å²) >= 11 is 1.10. The molecule has 1 aromatic carbocycles. The number of halogens is 6. The van der Waals surface area contributed by atoms with Gasteiger partial charge in [0.15, 0.2) is 11.6 Å². The molecule has 3 aromatic rings. The zero-order valence-corrected chi connectivity index (χ0v) is 22.6. The number of pyridine rings is 1. The second-order valence-electron chi connectivity index (χ2n) is 10.8. The number of rotatable bonds is 4. The van der Waals surface area contributed by atoms with Gasteiger partial charge in [-0.3, -0.25) is 14.4 Å². The summed E-state index contributed by atoms with van der Waals surface area (Å²) in [4.78, 5) is 44.9. The van der Waals surface area contributed by atoms with Crippen LogP contribution in [0.15, 0.2) is 36.5 Å². The van der Waals surface area contributed by atoms with E-state index in [-0.39, 0.29) is 17.2 Å². The molecule has 1 fully saturated rings. The van der Waals surface area contributed by atoms with Gasteiger partial charge in [-0.1, -0.05) is 6.07 Å². The number of likely N-dealkylation sites (tertiary alicyclic amines) is 1. The SMILES string of the molecule is CC1C(c2cc(F)cc(F)c2F)CC(NC(=O)c2cc3c(s2)C[C@@]2(C3)C(=O)Nc3ncccc32)C(=O)N1CC(F)(F)F. The molecule has 42 heavy (non-hydrogen) atoms. The van der Waals surface area contributed by atoms with Crippen LogP contribution in [0.3, 0.4) is 0 Å². The molecule has 0 saturated carbocycles. The van der Waals surface area contributed by atoms with Gasteiger partial charge < -0.3 is 15.5 Å². The van der Waals surface area contributed by atoms with Gasteiger partial charge in [-0.05, 0) is 49.1 Å². The van der Waals surface area contributed by atoms with Crippen molar-refractivity contribution in [2.75, 3.05) is 11.9 Å². The average molecular weight is 609 g/mol. The third kappa shape index (κ3) is 4.61. The molecule has 1 spiro atoms. The Balaban J connectivity index is 1.26. The van der Waals surface area contributed by atoms with Crippen LogP contribution in [0.2, 0.25) is 0 Å². The molecular formula is C28H22F6N4O3S. The number of thiophene rings is 1. The van der Waals surface area contributed by atoms with E-state index >= 15 is 0 Å². The van der Waals surface area contributed by atoms with Crippen molar-refractivity contribution in [3.63, 3.8) is 0 Å². The number of fused-ring (bicyclic) bond motifs is 3. The van der Waals surface area contributed by atoms with E-state index in [2.05, 4.69) is 15.6 Å². The normalized spacial score (nSPS) is 25.0. The smallest absolute Gasteiger partial charge is 0.340 e. The van der Waals surface area contributed by atoms with Crippen molar-refractivity contribution in [3.05, 3.63) is 80.4 Å². The number of nitrogens with zero attached hydrogens (tertiary/aromatic N) is 2. The van der Waals surface area contributed by atoms with Crippen LogP contribution < -0.4 is 10.6 Å². The van der Waals surface area contributed by atoms with Gasteiger partial charge in [0, 0.05) is 41.1 Å². The second kappa shape index (κ2) is 9.82. The molecule has 0 radical (unpaired) electrons. The maximum atomic E-state index is 14.7. The second-order valence-corrected chi connectivity index (χ2v) is 12.0. The van der Waals surface area contributed by atoms with E-state index in [1.807, 2.05) is 6.07 Å². The van der Waals surface area contributed by atoms with Crippen LogP contribution in [0, 0.1) is 17.5 Å². The summed E-state index contributed by atoms with van der Waals surface area (Å²) in [5.41, 5.74) is 0.117. The zero-order valence-electron chi connectivity index (χ0n) is 21.8. The van der Waals surface area contributed by atoms with Crippen molar-refractivity contribution in [1.29, 1.82) is 0 Å². The van der Waals surface area contributed by atoms with Gasteiger partial charge in [-0.25, -0.2) is 18.2 Å². The number of piperidine rings is 1. The highest BCUT2D eigenvalue weighted by Gasteiger charge is 2.52. The predicted octanol–water partition coefficient (Wildman–Crippen LogP) is 4.61. The van der Waals surface area contributed by atoms with Gasteiger partial charge in [0.05, 0.1) is 10.3 Å². The quantitative estimate of drug-likeness (QED) is 0.334. The lowest BCUT2D eigenvalue weighted by Crippen LogP contribution is -2.59. The summed E-state index contributed by atoms with van der Waals surface area (Å²) in [6.07, 6.45) is -3.01. The lowest BCUT2D eigenvalue weighted by molar-refractivity contribution is -0.170. The minimum Gasteiger partial charge on any atom is -0.340 e. The number of aromatic nitrogens is 1. The molecule has 220 valence electrons. The topological polar surface area (TPSA) is 91.4 Å². The maximum absolute atomic E-state index is 14.7. The van der Waals surface area contributed by atoms with Crippen molar-refractivity contribution < 1.29 is 40.7 Å². The number of nitrogens with one attached hydrogen (secondary N) is 2. The highest BCUT2D eigenvalue weighted by atomic mass is 32.1. The first kappa shape index (κ1) is 28.2. The fourth-order valence-corrected chi connectivity index (χ4v) is 7.50. The molecule has 14 heteroatoms. The van der Waals surface area contributed by atoms with Crippen molar-refractivity contribution >= 4 is 34.9 Å². The first-order chi connectivity index (χ1) is 19.8. The molecule has 4 heterocycles. The van der Waals surface area contributed by atoms with Crippen molar-refractivity contribution in [2.24, 2.45) is 0 Å². The van der Waals surface area contributed by atoms with Crippen LogP contribution in [0.1, 0.15) is 50.5 Å². The monoisotopic (exact) mass is 608 g/mol. The Labute approximate surface area is 238 Å². The number of hydrogen-bond donors (Lipinski definition) is 2. The fraction of sp³-hybridized carbons (Fsp3) is 0.357. The molecule has 3 unspecified atom stereocenters. The molecule has 1 aliphatic carbocycles. The Kier molecular flexibility index (Phi) is 6.59. The molecule has 7 nitrogen and oxygen atoms in total. The number of anilines is 1. The van der Waals surface area contributed by atoms with Crippen LogP contribution in [0.25, 0.3) is 0 Å². The average Bonchev–Trinajstić information content (AvgIpc) is 3.56. The summed E-state index contributed by atoms with van der Waals surface area (Å²) in [6, 6.07) is 3.33. The molecule has 6 rings (SSSR count). The highest BCUT2D eigenvalue weighted by molar-refractivity contribution is 7.14. The van der Waals surface area contributed by atoms with E-state index in [1.165, 1.54) is 6.92 Å². The lowest BCUT2D eigenvalue weighted by atomic mass is 9.80. The Morgan fingerprint density at radius 1 is 1.19 bits per heavy atom. The lowest BCUT2D eigenvalue weighted by Gasteiger charge is -2.43. The van der Waals surface area contributed by atoms with Gasteiger partial charge in [0.2, 0.25) is 11.8 Å². The molecule has 2 N–H and O–H groups in total. The third-order valence-corrected chi connectivity index (χ3v) is 9.46. The first-order valence-electron chi connectivity index (χ1n) is 13.0. The van der Waals surface area contributed by atoms with E-state index in [0.717, 1.165) is 27.3 Å². The van der Waals surface area contributed by atoms with E-state index in [1.54, 1.807) is 18.3 Å². The Hall–Kier alpha value is -3.94. The maximum Gasteiger partial charge on any atom is 0.406 e. The summed E-state index contributed by atoms with van der Waals surface area (Å²) < 4.78 is 83.0. The number of amides is 3. The first-order valence-corrected chi connectivity index (χ1v) is 13.8. The van der Waals surface area contributed by atoms with Gasteiger partial charge in [-0.2, -0.15) is 13.2 Å². The van der Waals surface area contributed by atoms with Gasteiger partial charge in [0.1, 0.15) is 24.2 Å². The summed E-state index contributed by atoms with van der Waals surface area (Å²) in [5, 5.41) is 5.24. The summed E-state index contributed by atoms with van der Waals surface area (Å²) in [5.74, 6) is -6.84. The molecule has 3 amide bonds. The van der Waals surface area contributed by atoms with Crippen LogP contribution in [0.5, 0.6) is 0 Å². The number of benzene rings is 1. The number of carbonyl (C=O) groups excluding carboxylic acids is 3. The van der Waals surface area contributed by atoms with Gasteiger partial charge in [0.25, 0.3) is 5.91 Å². The minimum absolute atomic E-state index is 0.174. The Morgan fingerprint density at radius 3 is 2.67 bits per heavy atom. The fourth-order valence-electron chi connectivity index (χ4n) is 6.30. The van der Waals surface area contributed by atoms with Crippen LogP contribution >= 0.6 is 11.3 Å². The van der Waals surface area contributed by atoms with Crippen LogP contribution in [-0.2, 0) is 27.8 Å². The molecule has 0 bridgehead atoms. The Morgan fingerprint density at radius 2 is 1.95 bits per heavy atom.